The zero-order valence-electron chi connectivity index (χ0n) is 17.9. The summed E-state index contributed by atoms with van der Waals surface area (Å²) in [5.74, 6) is -0.0250. The Morgan fingerprint density at radius 3 is 2.62 bits per heavy atom. The highest BCUT2D eigenvalue weighted by atomic mass is 19.1. The largest absolute Gasteiger partial charge is 0.385 e. The van der Waals surface area contributed by atoms with Gasteiger partial charge in [0.1, 0.15) is 0 Å². The van der Waals surface area contributed by atoms with Crippen LogP contribution in [0.3, 0.4) is 0 Å². The number of anilines is 6. The number of morpholine rings is 1. The Kier molecular flexibility index (Phi) is 6.02. The van der Waals surface area contributed by atoms with E-state index in [1.165, 1.54) is 18.2 Å². The molecule has 1 aromatic heterocycles. The standard InChI is InChI=1S/C24H27FN6O/c25-21-16-27-24(29-18-6-8-20(9-7-18)31-11-13-32-14-12-31)30-23(21)28-19-5-4-17-3-1-2-10-26-22(17)15-19/h4-9,15-16,26H,1-3,10-14H2,(H2,27,28,29,30). The van der Waals surface area contributed by atoms with Gasteiger partial charge in [0.2, 0.25) is 5.95 Å². The molecule has 3 heterocycles. The third kappa shape index (κ3) is 4.75. The molecule has 166 valence electrons. The Hall–Kier alpha value is -3.39. The first-order valence-corrected chi connectivity index (χ1v) is 11.1. The molecule has 32 heavy (non-hydrogen) atoms. The fourth-order valence-electron chi connectivity index (χ4n) is 4.06. The van der Waals surface area contributed by atoms with Gasteiger partial charge in [-0.3, -0.25) is 0 Å². The highest BCUT2D eigenvalue weighted by molar-refractivity contribution is 5.67. The van der Waals surface area contributed by atoms with Crippen molar-refractivity contribution in [1.29, 1.82) is 0 Å². The Labute approximate surface area is 187 Å². The molecule has 0 amide bonds. The van der Waals surface area contributed by atoms with Gasteiger partial charge in [0.15, 0.2) is 11.6 Å². The molecule has 0 radical (unpaired) electrons. The summed E-state index contributed by atoms with van der Waals surface area (Å²) in [6, 6.07) is 14.1. The Morgan fingerprint density at radius 1 is 0.969 bits per heavy atom. The lowest BCUT2D eigenvalue weighted by Crippen LogP contribution is -2.36. The van der Waals surface area contributed by atoms with E-state index >= 15 is 0 Å². The fourth-order valence-corrected chi connectivity index (χ4v) is 4.06. The summed E-state index contributed by atoms with van der Waals surface area (Å²) in [6.07, 6.45) is 4.57. The van der Waals surface area contributed by atoms with E-state index in [1.54, 1.807) is 0 Å². The molecule has 0 saturated carbocycles. The van der Waals surface area contributed by atoms with Crippen LogP contribution in [0.15, 0.2) is 48.7 Å². The van der Waals surface area contributed by atoms with Crippen LogP contribution >= 0.6 is 0 Å². The van der Waals surface area contributed by atoms with Gasteiger partial charge in [-0.2, -0.15) is 4.98 Å². The molecule has 3 aromatic rings. The molecule has 0 bridgehead atoms. The predicted octanol–water partition coefficient (Wildman–Crippen LogP) is 4.69. The molecular formula is C24H27FN6O. The maximum Gasteiger partial charge on any atom is 0.229 e. The van der Waals surface area contributed by atoms with E-state index in [9.17, 15) is 4.39 Å². The van der Waals surface area contributed by atoms with Crippen molar-refractivity contribution < 1.29 is 9.13 Å². The molecule has 1 saturated heterocycles. The van der Waals surface area contributed by atoms with E-state index in [0.717, 1.165) is 68.4 Å². The second-order valence-electron chi connectivity index (χ2n) is 8.04. The number of aromatic nitrogens is 2. The summed E-state index contributed by atoms with van der Waals surface area (Å²) in [6.45, 7) is 4.23. The molecule has 0 unspecified atom stereocenters. The molecule has 2 aromatic carbocycles. The van der Waals surface area contributed by atoms with E-state index in [4.69, 9.17) is 4.74 Å². The monoisotopic (exact) mass is 434 g/mol. The van der Waals surface area contributed by atoms with Crippen molar-refractivity contribution in [2.24, 2.45) is 0 Å². The number of hydrogen-bond donors (Lipinski definition) is 3. The van der Waals surface area contributed by atoms with Gasteiger partial charge < -0.3 is 25.6 Å². The van der Waals surface area contributed by atoms with Crippen molar-refractivity contribution in [3.8, 4) is 0 Å². The van der Waals surface area contributed by atoms with E-state index in [1.807, 2.05) is 24.3 Å². The molecular weight excluding hydrogens is 407 g/mol. The van der Waals surface area contributed by atoms with Crippen molar-refractivity contribution >= 4 is 34.5 Å². The van der Waals surface area contributed by atoms with Gasteiger partial charge >= 0.3 is 0 Å². The van der Waals surface area contributed by atoms with Gasteiger partial charge in [-0.05, 0) is 61.2 Å². The third-order valence-corrected chi connectivity index (χ3v) is 5.80. The minimum atomic E-state index is -0.499. The lowest BCUT2D eigenvalue weighted by Gasteiger charge is -2.28. The van der Waals surface area contributed by atoms with Crippen molar-refractivity contribution in [2.75, 3.05) is 53.7 Å². The molecule has 8 heteroatoms. The van der Waals surface area contributed by atoms with Crippen molar-refractivity contribution in [2.45, 2.75) is 19.3 Å². The number of nitrogens with zero attached hydrogens (tertiary/aromatic N) is 3. The number of halogens is 1. The number of rotatable bonds is 5. The van der Waals surface area contributed by atoms with E-state index in [2.05, 4.69) is 49.0 Å². The van der Waals surface area contributed by atoms with E-state index < -0.39 is 5.82 Å². The highest BCUT2D eigenvalue weighted by Crippen LogP contribution is 2.28. The van der Waals surface area contributed by atoms with Crippen LogP contribution in [0.5, 0.6) is 0 Å². The molecule has 0 aliphatic carbocycles. The van der Waals surface area contributed by atoms with Crippen LogP contribution in [0.2, 0.25) is 0 Å². The van der Waals surface area contributed by atoms with Gasteiger partial charge in [-0.25, -0.2) is 9.37 Å². The van der Waals surface area contributed by atoms with Gasteiger partial charge in [0.05, 0.1) is 19.4 Å². The summed E-state index contributed by atoms with van der Waals surface area (Å²) in [5, 5.41) is 9.71. The highest BCUT2D eigenvalue weighted by Gasteiger charge is 2.13. The number of benzene rings is 2. The Balaban J connectivity index is 1.29. The van der Waals surface area contributed by atoms with Crippen LogP contribution in [0.25, 0.3) is 0 Å². The molecule has 1 fully saturated rings. The molecule has 7 nitrogen and oxygen atoms in total. The first kappa shape index (κ1) is 20.5. The summed E-state index contributed by atoms with van der Waals surface area (Å²) < 4.78 is 19.8. The minimum absolute atomic E-state index is 0.140. The number of aryl methyl sites for hydroxylation is 1. The molecule has 0 spiro atoms. The summed E-state index contributed by atoms with van der Waals surface area (Å²) in [5.41, 5.74) is 5.17. The van der Waals surface area contributed by atoms with Crippen LogP contribution in [0.4, 0.5) is 38.9 Å². The molecule has 0 atom stereocenters. The minimum Gasteiger partial charge on any atom is -0.385 e. The van der Waals surface area contributed by atoms with Gasteiger partial charge in [0.25, 0.3) is 0 Å². The maximum atomic E-state index is 14.4. The second kappa shape index (κ2) is 9.40. The lowest BCUT2D eigenvalue weighted by molar-refractivity contribution is 0.122. The number of fused-ring (bicyclic) bond motifs is 1. The normalized spacial score (nSPS) is 16.0. The average molecular weight is 435 g/mol. The smallest absolute Gasteiger partial charge is 0.229 e. The fraction of sp³-hybridized carbons (Fsp3) is 0.333. The topological polar surface area (TPSA) is 74.3 Å². The van der Waals surface area contributed by atoms with Gasteiger partial charge in [-0.15, -0.1) is 0 Å². The third-order valence-electron chi connectivity index (χ3n) is 5.80. The zero-order valence-corrected chi connectivity index (χ0v) is 17.9. The molecule has 3 N–H and O–H groups in total. The van der Waals surface area contributed by atoms with Crippen molar-refractivity contribution in [3.63, 3.8) is 0 Å². The number of nitrogens with one attached hydrogen (secondary N) is 3. The van der Waals surface area contributed by atoms with Crippen LogP contribution in [0.1, 0.15) is 18.4 Å². The molecule has 2 aliphatic heterocycles. The first-order chi connectivity index (χ1) is 15.7. The quantitative estimate of drug-likeness (QED) is 0.538. The van der Waals surface area contributed by atoms with E-state index in [0.29, 0.717) is 5.95 Å². The van der Waals surface area contributed by atoms with Crippen molar-refractivity contribution in [1.82, 2.24) is 9.97 Å². The van der Waals surface area contributed by atoms with Crippen molar-refractivity contribution in [3.05, 3.63) is 60.0 Å². The summed E-state index contributed by atoms with van der Waals surface area (Å²) in [7, 11) is 0. The van der Waals surface area contributed by atoms with Crippen LogP contribution in [-0.4, -0.2) is 42.8 Å². The summed E-state index contributed by atoms with van der Waals surface area (Å²) >= 11 is 0. The Bertz CT molecular complexity index is 1070. The van der Waals surface area contributed by atoms with Gasteiger partial charge in [0, 0.05) is 42.4 Å². The summed E-state index contributed by atoms with van der Waals surface area (Å²) in [4.78, 5) is 10.7. The SMILES string of the molecule is Fc1cnc(Nc2ccc(N3CCOCC3)cc2)nc1Nc1ccc2c(c1)NCCCC2. The second-order valence-corrected chi connectivity index (χ2v) is 8.04. The Morgan fingerprint density at radius 2 is 1.78 bits per heavy atom. The van der Waals surface area contributed by atoms with Crippen LogP contribution in [-0.2, 0) is 11.2 Å². The predicted molar refractivity (Wildman–Crippen MR) is 126 cm³/mol. The first-order valence-electron chi connectivity index (χ1n) is 11.1. The van der Waals surface area contributed by atoms with Gasteiger partial charge in [-0.1, -0.05) is 6.07 Å². The lowest BCUT2D eigenvalue weighted by atomic mass is 10.1. The van der Waals surface area contributed by atoms with E-state index in [-0.39, 0.29) is 5.82 Å². The zero-order chi connectivity index (χ0) is 21.8. The van der Waals surface area contributed by atoms with Crippen LogP contribution < -0.4 is 20.9 Å². The molecule has 2 aliphatic rings. The maximum absolute atomic E-state index is 14.4. The number of ether oxygens (including phenoxy) is 1. The molecule has 5 rings (SSSR count). The number of hydrogen-bond acceptors (Lipinski definition) is 7. The average Bonchev–Trinajstić information content (AvgIpc) is 3.07. The van der Waals surface area contributed by atoms with Crippen LogP contribution in [0, 0.1) is 5.82 Å².